The van der Waals surface area contributed by atoms with Gasteiger partial charge < -0.3 is 29.1 Å². The van der Waals surface area contributed by atoms with Crippen molar-refractivity contribution in [2.75, 3.05) is 20.7 Å². The molecular formula is C23H28N4O5. The second kappa shape index (κ2) is 9.01. The molecule has 1 N–H and O–H groups in total. The number of ether oxygens (including phenoxy) is 2. The van der Waals surface area contributed by atoms with Crippen molar-refractivity contribution in [2.45, 2.75) is 45.1 Å². The summed E-state index contributed by atoms with van der Waals surface area (Å²) < 4.78 is 11.3. The van der Waals surface area contributed by atoms with E-state index in [4.69, 9.17) is 9.47 Å². The second-order valence-electron chi connectivity index (χ2n) is 8.87. The first-order chi connectivity index (χ1) is 15.1. The van der Waals surface area contributed by atoms with Crippen molar-refractivity contribution in [1.29, 1.82) is 5.26 Å². The van der Waals surface area contributed by atoms with Crippen molar-refractivity contribution in [2.24, 2.45) is 5.92 Å². The number of amides is 2. The van der Waals surface area contributed by atoms with Crippen LogP contribution < -0.4 is 4.74 Å². The van der Waals surface area contributed by atoms with Crippen LogP contribution in [-0.2, 0) is 14.3 Å². The van der Waals surface area contributed by atoms with Gasteiger partial charge in [0.05, 0.1) is 18.8 Å². The average molecular weight is 441 g/mol. The summed E-state index contributed by atoms with van der Waals surface area (Å²) in [6.45, 7) is 5.45. The number of aromatic amines is 1. The number of hydrogen-bond donors (Lipinski definition) is 1. The zero-order valence-corrected chi connectivity index (χ0v) is 18.9. The Balaban J connectivity index is 1.93. The van der Waals surface area contributed by atoms with E-state index in [-0.39, 0.29) is 18.7 Å². The molecule has 1 fully saturated rings. The van der Waals surface area contributed by atoms with E-state index in [1.54, 1.807) is 40.0 Å². The number of methoxy groups -OCH3 is 1. The summed E-state index contributed by atoms with van der Waals surface area (Å²) >= 11 is 0. The Morgan fingerprint density at radius 2 is 2.09 bits per heavy atom. The van der Waals surface area contributed by atoms with E-state index in [0.29, 0.717) is 5.75 Å². The number of likely N-dealkylation sites (tertiary alicyclic amines) is 1. The Morgan fingerprint density at radius 3 is 2.69 bits per heavy atom. The summed E-state index contributed by atoms with van der Waals surface area (Å²) in [7, 11) is 3.03. The van der Waals surface area contributed by atoms with Crippen molar-refractivity contribution >= 4 is 29.0 Å². The summed E-state index contributed by atoms with van der Waals surface area (Å²) in [4.78, 5) is 43.6. The van der Waals surface area contributed by atoms with Crippen LogP contribution in [0.25, 0.3) is 10.9 Å². The highest BCUT2D eigenvalue weighted by Gasteiger charge is 2.42. The zero-order valence-electron chi connectivity index (χ0n) is 18.9. The van der Waals surface area contributed by atoms with Crippen LogP contribution >= 0.6 is 0 Å². The van der Waals surface area contributed by atoms with Gasteiger partial charge in [0, 0.05) is 30.4 Å². The normalized spacial score (nSPS) is 19.4. The van der Waals surface area contributed by atoms with Crippen molar-refractivity contribution in [3.05, 3.63) is 30.0 Å². The summed E-state index contributed by atoms with van der Waals surface area (Å²) in [5.41, 5.74) is 0.245. The van der Waals surface area contributed by atoms with E-state index in [2.05, 4.69) is 11.1 Å². The number of likely N-dealkylation sites (N-methyl/N-ethyl adjacent to an activating group) is 1. The van der Waals surface area contributed by atoms with Crippen LogP contribution in [0.3, 0.4) is 0 Å². The van der Waals surface area contributed by atoms with E-state index in [1.807, 2.05) is 12.1 Å². The third-order valence-electron chi connectivity index (χ3n) is 5.38. The lowest BCUT2D eigenvalue weighted by atomic mass is 10.1. The van der Waals surface area contributed by atoms with Gasteiger partial charge in [-0.25, -0.2) is 0 Å². The third kappa shape index (κ3) is 4.60. The van der Waals surface area contributed by atoms with Crippen LogP contribution in [-0.4, -0.2) is 71.5 Å². The number of carbonyl (C=O) groups excluding carboxylic acids is 3. The second-order valence-corrected chi connectivity index (χ2v) is 8.87. The molecule has 9 heteroatoms. The lowest BCUT2D eigenvalue weighted by Gasteiger charge is -2.35. The van der Waals surface area contributed by atoms with E-state index >= 15 is 0 Å². The van der Waals surface area contributed by atoms with E-state index < -0.39 is 35.6 Å². The molecule has 1 aliphatic heterocycles. The monoisotopic (exact) mass is 440 g/mol. The van der Waals surface area contributed by atoms with Gasteiger partial charge in [0.25, 0.3) is 11.8 Å². The molecule has 3 atom stereocenters. The number of nitrogens with zero attached hydrogens (tertiary/aromatic N) is 3. The van der Waals surface area contributed by atoms with Crippen molar-refractivity contribution in [3.8, 4) is 11.8 Å². The number of hydrogen-bond acceptors (Lipinski definition) is 6. The molecule has 9 nitrogen and oxygen atoms in total. The summed E-state index contributed by atoms with van der Waals surface area (Å²) in [6, 6.07) is 8.42. The molecule has 170 valence electrons. The fraction of sp³-hybridized carbons (Fsp3) is 0.478. The van der Waals surface area contributed by atoms with Crippen LogP contribution in [0.5, 0.6) is 5.75 Å². The van der Waals surface area contributed by atoms with Gasteiger partial charge >= 0.3 is 0 Å². The molecule has 1 saturated heterocycles. The molecule has 2 amide bonds. The Labute approximate surface area is 186 Å². The maximum atomic E-state index is 13.4. The number of nitrogens with one attached hydrogen (secondary N) is 1. The summed E-state index contributed by atoms with van der Waals surface area (Å²) in [5.74, 6) is -0.778. The molecule has 1 aliphatic rings. The predicted molar refractivity (Wildman–Crippen MR) is 117 cm³/mol. The molecule has 0 bridgehead atoms. The van der Waals surface area contributed by atoms with Gasteiger partial charge in [-0.1, -0.05) is 6.07 Å². The van der Waals surface area contributed by atoms with Crippen LogP contribution in [0, 0.1) is 17.2 Å². The topological polar surface area (TPSA) is 116 Å². The number of carbonyl (C=O) groups is 3. The van der Waals surface area contributed by atoms with Crippen molar-refractivity contribution in [3.63, 3.8) is 0 Å². The van der Waals surface area contributed by atoms with Gasteiger partial charge in [-0.3, -0.25) is 9.59 Å². The van der Waals surface area contributed by atoms with Gasteiger partial charge in [0.2, 0.25) is 6.23 Å². The maximum Gasteiger partial charge on any atom is 0.274 e. The smallest absolute Gasteiger partial charge is 0.274 e. The molecule has 1 aromatic carbocycles. The van der Waals surface area contributed by atoms with Crippen molar-refractivity contribution in [1.82, 2.24) is 14.8 Å². The number of rotatable bonds is 6. The first-order valence-corrected chi connectivity index (χ1v) is 10.4. The molecule has 32 heavy (non-hydrogen) atoms. The molecule has 3 rings (SSSR count). The standard InChI is InChI=1S/C23H28N4O5/c1-23(2,3)32-22(21(30)27-12-14(13-28)9-15(27)11-24)26(4)20(29)18-10-16-17(25-18)7-6-8-19(16)31-5/h6-8,10,13-15,22,25H,9,12H2,1-5H3. The quantitative estimate of drug-likeness (QED) is 0.544. The molecule has 0 saturated carbocycles. The fourth-order valence-corrected chi connectivity index (χ4v) is 3.82. The highest BCUT2D eigenvalue weighted by molar-refractivity contribution is 6.01. The highest BCUT2D eigenvalue weighted by atomic mass is 16.5. The minimum atomic E-state index is -1.27. The number of nitriles is 1. The zero-order chi connectivity index (χ0) is 23.6. The third-order valence-corrected chi connectivity index (χ3v) is 5.38. The van der Waals surface area contributed by atoms with Gasteiger partial charge in [-0.2, -0.15) is 5.26 Å². The number of aldehydes is 1. The fourth-order valence-electron chi connectivity index (χ4n) is 3.82. The van der Waals surface area contributed by atoms with Gasteiger partial charge in [0.15, 0.2) is 0 Å². The SMILES string of the molecule is COc1cccc2[nH]c(C(=O)N(C)C(OC(C)(C)C)C(=O)N3CC(C=O)CC3C#N)cc12. The highest BCUT2D eigenvalue weighted by Crippen LogP contribution is 2.28. The van der Waals surface area contributed by atoms with Gasteiger partial charge in [-0.05, 0) is 45.4 Å². The molecule has 2 heterocycles. The molecular weight excluding hydrogens is 412 g/mol. The van der Waals surface area contributed by atoms with Crippen LogP contribution in [0.15, 0.2) is 24.3 Å². The molecule has 0 spiro atoms. The molecule has 2 aromatic rings. The molecule has 0 radical (unpaired) electrons. The van der Waals surface area contributed by atoms with E-state index in [9.17, 15) is 19.6 Å². The number of benzene rings is 1. The van der Waals surface area contributed by atoms with Gasteiger partial charge in [0.1, 0.15) is 23.8 Å². The first-order valence-electron chi connectivity index (χ1n) is 10.4. The van der Waals surface area contributed by atoms with Crippen LogP contribution in [0.1, 0.15) is 37.7 Å². The van der Waals surface area contributed by atoms with E-state index in [1.165, 1.54) is 16.8 Å². The first kappa shape index (κ1) is 23.3. The maximum absolute atomic E-state index is 13.4. The lowest BCUT2D eigenvalue weighted by Crippen LogP contribution is -2.54. The average Bonchev–Trinajstić information content (AvgIpc) is 3.39. The largest absolute Gasteiger partial charge is 0.496 e. The Kier molecular flexibility index (Phi) is 6.55. The Bertz CT molecular complexity index is 1060. The minimum absolute atomic E-state index is 0.121. The lowest BCUT2D eigenvalue weighted by molar-refractivity contribution is -0.168. The number of H-pyrrole nitrogens is 1. The van der Waals surface area contributed by atoms with E-state index in [0.717, 1.165) is 17.2 Å². The Hall–Kier alpha value is -3.38. The molecule has 0 aliphatic carbocycles. The molecule has 3 unspecified atom stereocenters. The van der Waals surface area contributed by atoms with Crippen molar-refractivity contribution < 1.29 is 23.9 Å². The predicted octanol–water partition coefficient (Wildman–Crippen LogP) is 2.33. The van der Waals surface area contributed by atoms with Crippen LogP contribution in [0.2, 0.25) is 0 Å². The number of fused-ring (bicyclic) bond motifs is 1. The summed E-state index contributed by atoms with van der Waals surface area (Å²) in [6.07, 6.45) is -0.241. The molecule has 1 aromatic heterocycles. The number of aromatic nitrogens is 1. The Morgan fingerprint density at radius 1 is 1.38 bits per heavy atom. The van der Waals surface area contributed by atoms with Crippen LogP contribution in [0.4, 0.5) is 0 Å². The van der Waals surface area contributed by atoms with Gasteiger partial charge in [-0.15, -0.1) is 0 Å². The summed E-state index contributed by atoms with van der Waals surface area (Å²) in [5, 5.41) is 10.2. The minimum Gasteiger partial charge on any atom is -0.496 e.